The van der Waals surface area contributed by atoms with E-state index < -0.39 is 6.10 Å². The number of nitrogens with one attached hydrogen (secondary N) is 1. The average molecular weight is 347 g/mol. The van der Waals surface area contributed by atoms with Crippen LogP contribution in [0, 0.1) is 0 Å². The van der Waals surface area contributed by atoms with Crippen molar-refractivity contribution in [2.75, 3.05) is 13.1 Å². The van der Waals surface area contributed by atoms with Gasteiger partial charge in [0.05, 0.1) is 18.8 Å². The molecule has 136 valence electrons. The predicted molar refractivity (Wildman–Crippen MR) is 90.9 cm³/mol. The van der Waals surface area contributed by atoms with Crippen LogP contribution in [0.4, 0.5) is 0 Å². The molecule has 3 rings (SSSR count). The van der Waals surface area contributed by atoms with Crippen LogP contribution in [0.3, 0.4) is 0 Å². The Balaban J connectivity index is 1.49. The Hall–Kier alpha value is -2.15. The molecule has 0 radical (unpaired) electrons. The molecule has 0 unspecified atom stereocenters. The minimum absolute atomic E-state index is 0.0393. The maximum Gasteiger partial charge on any atom is 0.239 e. The molecule has 1 saturated heterocycles. The van der Waals surface area contributed by atoms with Gasteiger partial charge >= 0.3 is 0 Å². The van der Waals surface area contributed by atoms with Gasteiger partial charge in [0.1, 0.15) is 18.0 Å². The van der Waals surface area contributed by atoms with Crippen LogP contribution < -0.4 is 10.1 Å². The molecular formula is C18H25N3O4. The van der Waals surface area contributed by atoms with E-state index in [0.29, 0.717) is 31.6 Å². The van der Waals surface area contributed by atoms with Crippen molar-refractivity contribution >= 4 is 11.8 Å². The second kappa shape index (κ2) is 8.29. The van der Waals surface area contributed by atoms with Crippen molar-refractivity contribution in [3.8, 4) is 5.75 Å². The SMILES string of the molecule is O=C(CN1CCCCCC1=O)N[C@@H]1CC[C@@H](Oc2cccnc2)[C@@H]1O. The molecule has 2 fully saturated rings. The molecule has 2 aliphatic rings. The van der Waals surface area contributed by atoms with Crippen molar-refractivity contribution in [3.05, 3.63) is 24.5 Å². The Labute approximate surface area is 147 Å². The first-order valence-corrected chi connectivity index (χ1v) is 8.95. The first-order valence-electron chi connectivity index (χ1n) is 8.95. The lowest BCUT2D eigenvalue weighted by molar-refractivity contribution is -0.136. The van der Waals surface area contributed by atoms with E-state index in [4.69, 9.17) is 4.74 Å². The molecule has 2 N–H and O–H groups in total. The van der Waals surface area contributed by atoms with Gasteiger partial charge in [-0.2, -0.15) is 0 Å². The molecular weight excluding hydrogens is 322 g/mol. The van der Waals surface area contributed by atoms with E-state index in [1.807, 2.05) is 0 Å². The lowest BCUT2D eigenvalue weighted by Gasteiger charge is -2.24. The van der Waals surface area contributed by atoms with Crippen molar-refractivity contribution < 1.29 is 19.4 Å². The zero-order valence-corrected chi connectivity index (χ0v) is 14.3. The minimum Gasteiger partial charge on any atom is -0.486 e. The molecule has 1 saturated carbocycles. The molecule has 0 bridgehead atoms. The summed E-state index contributed by atoms with van der Waals surface area (Å²) < 4.78 is 5.75. The molecule has 1 aliphatic carbocycles. The van der Waals surface area contributed by atoms with Crippen LogP contribution in [-0.4, -0.2) is 58.1 Å². The number of ether oxygens (including phenoxy) is 1. The Bertz CT molecular complexity index is 595. The number of amides is 2. The second-order valence-electron chi connectivity index (χ2n) is 6.71. The predicted octanol–water partition coefficient (Wildman–Crippen LogP) is 0.871. The van der Waals surface area contributed by atoms with Crippen LogP contribution in [0.2, 0.25) is 0 Å². The van der Waals surface area contributed by atoms with E-state index in [0.717, 1.165) is 19.3 Å². The normalized spacial score (nSPS) is 27.0. The number of hydrogen-bond donors (Lipinski definition) is 2. The molecule has 2 amide bonds. The summed E-state index contributed by atoms with van der Waals surface area (Å²) in [5, 5.41) is 13.3. The Morgan fingerprint density at radius 1 is 1.36 bits per heavy atom. The third-order valence-corrected chi connectivity index (χ3v) is 4.83. The summed E-state index contributed by atoms with van der Waals surface area (Å²) in [7, 11) is 0. The number of likely N-dealkylation sites (tertiary alicyclic amines) is 1. The third kappa shape index (κ3) is 4.69. The number of carbonyl (C=O) groups is 2. The maximum atomic E-state index is 12.3. The molecule has 1 aromatic rings. The number of pyridine rings is 1. The molecule has 7 nitrogen and oxygen atoms in total. The van der Waals surface area contributed by atoms with Crippen LogP contribution in [0.1, 0.15) is 38.5 Å². The third-order valence-electron chi connectivity index (χ3n) is 4.83. The summed E-state index contributed by atoms with van der Waals surface area (Å²) in [5.74, 6) is 0.424. The second-order valence-corrected chi connectivity index (χ2v) is 6.71. The number of hydrogen-bond acceptors (Lipinski definition) is 5. The van der Waals surface area contributed by atoms with Gasteiger partial charge in [0.25, 0.3) is 0 Å². The summed E-state index contributed by atoms with van der Waals surface area (Å²) in [5.41, 5.74) is 0. The van der Waals surface area contributed by atoms with Gasteiger partial charge in [-0.1, -0.05) is 6.42 Å². The first kappa shape index (κ1) is 17.7. The number of nitrogens with zero attached hydrogens (tertiary/aromatic N) is 2. The van der Waals surface area contributed by atoms with Crippen LogP contribution in [0.25, 0.3) is 0 Å². The molecule has 0 aromatic carbocycles. The summed E-state index contributed by atoms with van der Waals surface area (Å²) in [6, 6.07) is 3.21. The van der Waals surface area contributed by atoms with Gasteiger partial charge in [-0.05, 0) is 37.8 Å². The van der Waals surface area contributed by atoms with Crippen LogP contribution >= 0.6 is 0 Å². The van der Waals surface area contributed by atoms with Crippen LogP contribution in [-0.2, 0) is 9.59 Å². The smallest absolute Gasteiger partial charge is 0.239 e. The fourth-order valence-corrected chi connectivity index (χ4v) is 3.45. The number of aromatic nitrogens is 1. The van der Waals surface area contributed by atoms with E-state index in [1.165, 1.54) is 0 Å². The van der Waals surface area contributed by atoms with Crippen molar-refractivity contribution in [1.82, 2.24) is 15.2 Å². The fourth-order valence-electron chi connectivity index (χ4n) is 3.45. The standard InChI is InChI=1S/C18H25N3O4/c22-16(12-21-10-3-1-2-6-17(21)23)20-14-7-8-15(18(14)24)25-13-5-4-9-19-11-13/h4-5,9,11,14-15,18,24H,1-3,6-8,10,12H2,(H,20,22)/t14-,15-,18-/m1/s1. The van der Waals surface area contributed by atoms with E-state index >= 15 is 0 Å². The summed E-state index contributed by atoms with van der Waals surface area (Å²) in [6.45, 7) is 0.697. The summed E-state index contributed by atoms with van der Waals surface area (Å²) in [6.07, 6.45) is 6.79. The number of aliphatic hydroxyl groups is 1. The van der Waals surface area contributed by atoms with Crippen molar-refractivity contribution in [2.45, 2.75) is 56.8 Å². The minimum atomic E-state index is -0.774. The van der Waals surface area contributed by atoms with E-state index in [9.17, 15) is 14.7 Å². The monoisotopic (exact) mass is 347 g/mol. The molecule has 7 heteroatoms. The molecule has 2 heterocycles. The highest BCUT2D eigenvalue weighted by Gasteiger charge is 2.37. The zero-order valence-electron chi connectivity index (χ0n) is 14.3. The number of aliphatic hydroxyl groups excluding tert-OH is 1. The van der Waals surface area contributed by atoms with Gasteiger partial charge in [-0.25, -0.2) is 0 Å². The largest absolute Gasteiger partial charge is 0.486 e. The Morgan fingerprint density at radius 3 is 3.04 bits per heavy atom. The first-order chi connectivity index (χ1) is 12.1. The van der Waals surface area contributed by atoms with Gasteiger partial charge < -0.3 is 20.1 Å². The van der Waals surface area contributed by atoms with Crippen LogP contribution in [0.15, 0.2) is 24.5 Å². The van der Waals surface area contributed by atoms with Crippen molar-refractivity contribution in [3.63, 3.8) is 0 Å². The lowest BCUT2D eigenvalue weighted by atomic mass is 10.2. The van der Waals surface area contributed by atoms with Gasteiger partial charge in [-0.15, -0.1) is 0 Å². The summed E-state index contributed by atoms with van der Waals surface area (Å²) in [4.78, 5) is 29.8. The molecule has 3 atom stereocenters. The van der Waals surface area contributed by atoms with Crippen molar-refractivity contribution in [2.24, 2.45) is 0 Å². The van der Waals surface area contributed by atoms with Crippen LogP contribution in [0.5, 0.6) is 5.75 Å². The van der Waals surface area contributed by atoms with Gasteiger partial charge in [0.2, 0.25) is 11.8 Å². The van der Waals surface area contributed by atoms with E-state index in [1.54, 1.807) is 29.4 Å². The molecule has 0 spiro atoms. The van der Waals surface area contributed by atoms with Gasteiger partial charge in [0, 0.05) is 19.2 Å². The fraction of sp³-hybridized carbons (Fsp3) is 0.611. The van der Waals surface area contributed by atoms with E-state index in [-0.39, 0.29) is 30.5 Å². The molecule has 1 aromatic heterocycles. The van der Waals surface area contributed by atoms with Gasteiger partial charge in [-0.3, -0.25) is 14.6 Å². The Morgan fingerprint density at radius 2 is 2.24 bits per heavy atom. The zero-order chi connectivity index (χ0) is 17.6. The quantitative estimate of drug-likeness (QED) is 0.825. The maximum absolute atomic E-state index is 12.3. The Kier molecular flexibility index (Phi) is 5.86. The van der Waals surface area contributed by atoms with Gasteiger partial charge in [0.15, 0.2) is 0 Å². The summed E-state index contributed by atoms with van der Waals surface area (Å²) >= 11 is 0. The number of carbonyl (C=O) groups excluding carboxylic acids is 2. The highest BCUT2D eigenvalue weighted by molar-refractivity contribution is 5.85. The van der Waals surface area contributed by atoms with Crippen molar-refractivity contribution in [1.29, 1.82) is 0 Å². The lowest BCUT2D eigenvalue weighted by Crippen LogP contribution is -2.48. The molecule has 1 aliphatic heterocycles. The highest BCUT2D eigenvalue weighted by Crippen LogP contribution is 2.25. The number of rotatable bonds is 5. The topological polar surface area (TPSA) is 91.8 Å². The highest BCUT2D eigenvalue weighted by atomic mass is 16.5. The average Bonchev–Trinajstić information content (AvgIpc) is 2.81. The molecule has 25 heavy (non-hydrogen) atoms. The van der Waals surface area contributed by atoms with E-state index in [2.05, 4.69) is 10.3 Å².